The van der Waals surface area contributed by atoms with E-state index < -0.39 is 0 Å². The lowest BCUT2D eigenvalue weighted by Crippen LogP contribution is -2.29. The second-order valence-electron chi connectivity index (χ2n) is 5.88. The summed E-state index contributed by atoms with van der Waals surface area (Å²) in [4.78, 5) is 12.3. The Morgan fingerprint density at radius 2 is 2.08 bits per heavy atom. The van der Waals surface area contributed by atoms with Gasteiger partial charge in [0.2, 0.25) is 5.91 Å². The molecule has 0 fully saturated rings. The molecule has 1 N–H and O–H groups in total. The molecule has 0 radical (unpaired) electrons. The zero-order chi connectivity index (χ0) is 18.2. The first-order valence-electron chi connectivity index (χ1n) is 8.29. The molecule has 0 aromatic heterocycles. The van der Waals surface area contributed by atoms with E-state index in [0.29, 0.717) is 5.75 Å². The van der Waals surface area contributed by atoms with Crippen LogP contribution in [0.4, 0.5) is 0 Å². The molecule has 0 saturated heterocycles. The number of nitrogens with one attached hydrogen (secondary N) is 1. The van der Waals surface area contributed by atoms with E-state index in [1.165, 1.54) is 0 Å². The zero-order valence-corrected chi connectivity index (χ0v) is 16.4. The third-order valence-corrected chi connectivity index (χ3v) is 5.19. The van der Waals surface area contributed by atoms with Crippen LogP contribution in [0.15, 0.2) is 42.5 Å². The number of halogens is 1. The van der Waals surface area contributed by atoms with Gasteiger partial charge in [-0.2, -0.15) is 0 Å². The molecular weight excluding hydrogens is 354 g/mol. The number of hydrogen-bond acceptors (Lipinski definition) is 3. The summed E-state index contributed by atoms with van der Waals surface area (Å²) >= 11 is 7.57. The number of hydrogen-bond donors (Lipinski definition) is 1. The van der Waals surface area contributed by atoms with Crippen LogP contribution in [0.3, 0.4) is 0 Å². The van der Waals surface area contributed by atoms with Crippen molar-refractivity contribution in [1.29, 1.82) is 0 Å². The lowest BCUT2D eigenvalue weighted by Gasteiger charge is -2.19. The first kappa shape index (κ1) is 19.7. The van der Waals surface area contributed by atoms with E-state index in [4.69, 9.17) is 16.3 Å². The number of amides is 1. The minimum absolute atomic E-state index is 0.0175. The van der Waals surface area contributed by atoms with Crippen molar-refractivity contribution < 1.29 is 9.53 Å². The van der Waals surface area contributed by atoms with Gasteiger partial charge in [-0.1, -0.05) is 42.8 Å². The topological polar surface area (TPSA) is 38.3 Å². The monoisotopic (exact) mass is 377 g/mol. The largest absolute Gasteiger partial charge is 0.496 e. The Hall–Kier alpha value is -1.65. The maximum absolute atomic E-state index is 12.3. The molecule has 0 unspecified atom stereocenters. The van der Waals surface area contributed by atoms with Gasteiger partial charge in [-0.15, -0.1) is 11.8 Å². The molecule has 134 valence electrons. The summed E-state index contributed by atoms with van der Waals surface area (Å²) in [6.07, 6.45) is 0.844. The third-order valence-electron chi connectivity index (χ3n) is 3.96. The van der Waals surface area contributed by atoms with E-state index >= 15 is 0 Å². The lowest BCUT2D eigenvalue weighted by molar-refractivity contribution is -0.119. The van der Waals surface area contributed by atoms with Gasteiger partial charge in [-0.05, 0) is 48.2 Å². The van der Waals surface area contributed by atoms with Gasteiger partial charge < -0.3 is 10.1 Å². The Kier molecular flexibility index (Phi) is 7.66. The van der Waals surface area contributed by atoms with Gasteiger partial charge in [0.05, 0.1) is 18.9 Å². The second kappa shape index (κ2) is 9.73. The average Bonchev–Trinajstić information content (AvgIpc) is 2.59. The fourth-order valence-corrected chi connectivity index (χ4v) is 3.66. The lowest BCUT2D eigenvalue weighted by atomic mass is 10.0. The highest BCUT2D eigenvalue weighted by Gasteiger charge is 2.14. The maximum atomic E-state index is 12.3. The number of ether oxygens (including phenoxy) is 1. The molecule has 0 saturated carbocycles. The van der Waals surface area contributed by atoms with Crippen molar-refractivity contribution >= 4 is 29.3 Å². The summed E-state index contributed by atoms with van der Waals surface area (Å²) in [6, 6.07) is 13.8. The van der Waals surface area contributed by atoms with Crippen LogP contribution in [-0.2, 0) is 10.5 Å². The van der Waals surface area contributed by atoms with Gasteiger partial charge >= 0.3 is 0 Å². The van der Waals surface area contributed by atoms with Crippen molar-refractivity contribution in [2.75, 3.05) is 12.9 Å². The van der Waals surface area contributed by atoms with Gasteiger partial charge in [0, 0.05) is 10.8 Å². The Bertz CT molecular complexity index is 721. The van der Waals surface area contributed by atoms with Crippen LogP contribution < -0.4 is 10.1 Å². The Balaban J connectivity index is 1.88. The minimum Gasteiger partial charge on any atom is -0.496 e. The van der Waals surface area contributed by atoms with Crippen molar-refractivity contribution in [3.63, 3.8) is 0 Å². The number of thioether (sulfide) groups is 1. The molecule has 5 heteroatoms. The van der Waals surface area contributed by atoms with Crippen LogP contribution in [0.25, 0.3) is 0 Å². The predicted octanol–water partition coefficient (Wildman–Crippen LogP) is 5.16. The fraction of sp³-hybridized carbons (Fsp3) is 0.350. The molecule has 2 rings (SSSR count). The summed E-state index contributed by atoms with van der Waals surface area (Å²) in [6.45, 7) is 4.08. The number of rotatable bonds is 8. The molecule has 0 heterocycles. The third kappa shape index (κ3) is 5.98. The van der Waals surface area contributed by atoms with Gasteiger partial charge in [-0.25, -0.2) is 0 Å². The normalized spacial score (nSPS) is 11.8. The predicted molar refractivity (Wildman–Crippen MR) is 107 cm³/mol. The van der Waals surface area contributed by atoms with Crippen molar-refractivity contribution in [3.05, 3.63) is 64.2 Å². The van der Waals surface area contributed by atoms with E-state index in [2.05, 4.69) is 18.3 Å². The maximum Gasteiger partial charge on any atom is 0.230 e. The molecule has 0 aliphatic heterocycles. The molecule has 0 spiro atoms. The van der Waals surface area contributed by atoms with Crippen LogP contribution >= 0.6 is 23.4 Å². The van der Waals surface area contributed by atoms with E-state index in [1.54, 1.807) is 18.9 Å². The molecule has 2 aromatic carbocycles. The van der Waals surface area contributed by atoms with Gasteiger partial charge in [0.1, 0.15) is 5.75 Å². The first-order chi connectivity index (χ1) is 12.0. The molecular formula is C20H24ClNO2S. The smallest absolute Gasteiger partial charge is 0.230 e. The summed E-state index contributed by atoms with van der Waals surface area (Å²) in [5.41, 5.74) is 3.31. The quantitative estimate of drug-likeness (QED) is 0.690. The number of aryl methyl sites for hydroxylation is 1. The number of benzene rings is 2. The van der Waals surface area contributed by atoms with Gasteiger partial charge in [0.15, 0.2) is 0 Å². The molecule has 2 aromatic rings. The second-order valence-corrected chi connectivity index (χ2v) is 7.30. The minimum atomic E-state index is 0.0175. The molecule has 1 atom stereocenters. The summed E-state index contributed by atoms with van der Waals surface area (Å²) in [7, 11) is 1.66. The SMILES string of the molecule is CC[C@H](NC(=O)CSCc1cccc(Cl)c1)c1ccc(OC)c(C)c1. The van der Waals surface area contributed by atoms with E-state index in [0.717, 1.165) is 39.6 Å². The van der Waals surface area contributed by atoms with E-state index in [1.807, 2.05) is 43.3 Å². The van der Waals surface area contributed by atoms with Gasteiger partial charge in [-0.3, -0.25) is 4.79 Å². The molecule has 3 nitrogen and oxygen atoms in total. The van der Waals surface area contributed by atoms with E-state index in [-0.39, 0.29) is 11.9 Å². The van der Waals surface area contributed by atoms with Crippen LogP contribution in [0.5, 0.6) is 5.75 Å². The number of carbonyl (C=O) groups is 1. The number of carbonyl (C=O) groups excluding carboxylic acids is 1. The van der Waals surface area contributed by atoms with Crippen LogP contribution in [-0.4, -0.2) is 18.8 Å². The van der Waals surface area contributed by atoms with Crippen LogP contribution in [0, 0.1) is 6.92 Å². The highest BCUT2D eigenvalue weighted by molar-refractivity contribution is 7.99. The van der Waals surface area contributed by atoms with Crippen LogP contribution in [0.1, 0.15) is 36.1 Å². The Morgan fingerprint density at radius 3 is 2.72 bits per heavy atom. The fourth-order valence-electron chi connectivity index (χ4n) is 2.66. The molecule has 0 aliphatic rings. The first-order valence-corrected chi connectivity index (χ1v) is 9.82. The van der Waals surface area contributed by atoms with Crippen molar-refractivity contribution in [3.8, 4) is 5.75 Å². The average molecular weight is 378 g/mol. The highest BCUT2D eigenvalue weighted by atomic mass is 35.5. The van der Waals surface area contributed by atoms with Crippen molar-refractivity contribution in [2.24, 2.45) is 0 Å². The standard InChI is InChI=1S/C20H24ClNO2S/c1-4-18(16-8-9-19(24-3)14(2)10-16)22-20(23)13-25-12-15-6-5-7-17(21)11-15/h5-11,18H,4,12-13H2,1-3H3,(H,22,23)/t18-/m0/s1. The number of methoxy groups -OCH3 is 1. The van der Waals surface area contributed by atoms with E-state index in [9.17, 15) is 4.79 Å². The van der Waals surface area contributed by atoms with Gasteiger partial charge in [0.25, 0.3) is 0 Å². The summed E-state index contributed by atoms with van der Waals surface area (Å²) in [5, 5.41) is 3.84. The Labute approximate surface area is 159 Å². The van der Waals surface area contributed by atoms with Crippen molar-refractivity contribution in [1.82, 2.24) is 5.32 Å². The summed E-state index contributed by atoms with van der Waals surface area (Å²) < 4.78 is 5.30. The molecule has 0 bridgehead atoms. The molecule has 25 heavy (non-hydrogen) atoms. The van der Waals surface area contributed by atoms with Crippen molar-refractivity contribution in [2.45, 2.75) is 32.1 Å². The van der Waals surface area contributed by atoms with Crippen LogP contribution in [0.2, 0.25) is 5.02 Å². The molecule has 0 aliphatic carbocycles. The molecule has 1 amide bonds. The summed E-state index contributed by atoms with van der Waals surface area (Å²) in [5.74, 6) is 2.11. The zero-order valence-electron chi connectivity index (χ0n) is 14.8. The Morgan fingerprint density at radius 1 is 1.28 bits per heavy atom. The highest BCUT2D eigenvalue weighted by Crippen LogP contribution is 2.24.